The maximum absolute atomic E-state index is 14.3. The van der Waals surface area contributed by atoms with Gasteiger partial charge in [-0.15, -0.1) is 0 Å². The summed E-state index contributed by atoms with van der Waals surface area (Å²) in [5.41, 5.74) is 4.35. The van der Waals surface area contributed by atoms with Gasteiger partial charge in [0.1, 0.15) is 36.2 Å². The van der Waals surface area contributed by atoms with Crippen LogP contribution in [-0.4, -0.2) is 141 Å². The summed E-state index contributed by atoms with van der Waals surface area (Å²) >= 11 is 0. The van der Waals surface area contributed by atoms with Crippen LogP contribution >= 0.6 is 0 Å². The zero-order chi connectivity index (χ0) is 45.5. The van der Waals surface area contributed by atoms with Gasteiger partial charge in [0.25, 0.3) is 0 Å². The van der Waals surface area contributed by atoms with Crippen molar-refractivity contribution in [2.75, 3.05) is 27.3 Å². The summed E-state index contributed by atoms with van der Waals surface area (Å²) in [5, 5.41) is 20.3. The number of cyclic esters (lactones) is 1. The molecular weight excluding hydrogens is 807 g/mol. The van der Waals surface area contributed by atoms with Gasteiger partial charge in [-0.1, -0.05) is 32.9 Å². The topological polar surface area (TPSA) is 238 Å². The molecule has 62 heavy (non-hydrogen) atoms. The number of aliphatic imine (C=N–C) groups is 1. The Morgan fingerprint density at radius 2 is 1.85 bits per heavy atom. The number of nitrogens with two attached hydrogens (primary N) is 1. The molecule has 0 aliphatic carbocycles. The van der Waals surface area contributed by atoms with Crippen LogP contribution in [-0.2, 0) is 54.2 Å². The Labute approximate surface area is 362 Å². The number of aliphatic hydroxyl groups excluding tert-OH is 1. The lowest BCUT2D eigenvalue weighted by Crippen LogP contribution is -2.60. The van der Waals surface area contributed by atoms with Gasteiger partial charge >= 0.3 is 12.1 Å². The van der Waals surface area contributed by atoms with Crippen LogP contribution in [0.3, 0.4) is 0 Å². The highest BCUT2D eigenvalue weighted by Crippen LogP contribution is 2.40. The van der Waals surface area contributed by atoms with E-state index in [1.54, 1.807) is 63.1 Å². The van der Waals surface area contributed by atoms with Gasteiger partial charge in [0.05, 0.1) is 48.6 Å². The number of primary amides is 1. The second kappa shape index (κ2) is 20.7. The number of fused-ring (bicyclic) bond motifs is 5. The Balaban J connectivity index is 1.66. The zero-order valence-corrected chi connectivity index (χ0v) is 37.4. The number of likely N-dealkylation sites (N-methyl/N-ethyl adjacent to an activating group) is 1. The molecular formula is C43H63N7O12. The number of oxime groups is 1. The summed E-state index contributed by atoms with van der Waals surface area (Å²) in [4.78, 5) is 70.5. The van der Waals surface area contributed by atoms with E-state index in [0.29, 0.717) is 17.8 Å². The number of ether oxygens (including phenoxy) is 6. The predicted octanol–water partition coefficient (Wildman–Crippen LogP) is 3.56. The molecule has 0 aromatic carbocycles. The van der Waals surface area contributed by atoms with Crippen LogP contribution in [0.2, 0.25) is 0 Å². The first-order chi connectivity index (χ1) is 29.3. The highest BCUT2D eigenvalue weighted by Gasteiger charge is 2.54. The van der Waals surface area contributed by atoms with E-state index >= 15 is 0 Å². The summed E-state index contributed by atoms with van der Waals surface area (Å²) in [6, 6.07) is 5.07. The van der Waals surface area contributed by atoms with E-state index in [1.165, 1.54) is 13.8 Å². The van der Waals surface area contributed by atoms with Gasteiger partial charge in [-0.25, -0.2) is 14.5 Å². The number of aromatic nitrogens is 3. The average Bonchev–Trinajstić information content (AvgIpc) is 3.74. The molecule has 3 aliphatic rings. The van der Waals surface area contributed by atoms with E-state index < -0.39 is 89.8 Å². The second-order valence-corrected chi connectivity index (χ2v) is 17.2. The van der Waals surface area contributed by atoms with Crippen molar-refractivity contribution in [1.82, 2.24) is 19.7 Å². The second-order valence-electron chi connectivity index (χ2n) is 17.2. The normalized spacial score (nSPS) is 35.4. The molecule has 0 unspecified atom stereocenters. The SMILES string of the molecule is CC[C@H]1OC(=O)CC(=O)[C@H](C)[C@@H](O[C@@H]2O[C@H](C)C[C@H](N(C)C)[C@H]2O)[C@@]2(C)C[C@@H](C)C(=NC(C)=O)[C@H](C)[C@@H](OC/C(=N\OCc3ccc(-n4cccn4)cn3)CO2)[C@]1(C)OC(N)=O. The molecule has 12 atom stereocenters. The Hall–Kier alpha value is -4.66. The van der Waals surface area contributed by atoms with Crippen molar-refractivity contribution in [3.05, 3.63) is 42.5 Å². The van der Waals surface area contributed by atoms with Crippen molar-refractivity contribution in [3.8, 4) is 5.69 Å². The zero-order valence-electron chi connectivity index (χ0n) is 37.4. The van der Waals surface area contributed by atoms with Crippen LogP contribution in [0.4, 0.5) is 4.79 Å². The molecule has 2 aromatic rings. The largest absolute Gasteiger partial charge is 0.458 e. The minimum absolute atomic E-state index is 0.0395. The van der Waals surface area contributed by atoms with E-state index in [9.17, 15) is 24.3 Å². The summed E-state index contributed by atoms with van der Waals surface area (Å²) in [5.74, 6) is -4.40. The maximum Gasteiger partial charge on any atom is 0.405 e. The van der Waals surface area contributed by atoms with E-state index in [0.717, 1.165) is 5.69 Å². The molecule has 2 aromatic heterocycles. The number of aliphatic hydroxyl groups is 1. The number of ketones is 1. The van der Waals surface area contributed by atoms with Crippen molar-refractivity contribution in [2.24, 2.45) is 33.6 Å². The summed E-state index contributed by atoms with van der Waals surface area (Å²) in [7, 11) is 3.70. The summed E-state index contributed by atoms with van der Waals surface area (Å²) in [6.07, 6.45) is -2.23. The van der Waals surface area contributed by atoms with Gasteiger partial charge < -0.3 is 49.0 Å². The molecule has 0 saturated carbocycles. The lowest BCUT2D eigenvalue weighted by atomic mass is 9.74. The first-order valence-corrected chi connectivity index (χ1v) is 21.1. The highest BCUT2D eigenvalue weighted by molar-refractivity contribution is 5.98. The Morgan fingerprint density at radius 3 is 2.47 bits per heavy atom. The fourth-order valence-electron chi connectivity index (χ4n) is 8.94. The lowest BCUT2D eigenvalue weighted by molar-refractivity contribution is -0.296. The fourth-order valence-corrected chi connectivity index (χ4v) is 8.94. The Kier molecular flexibility index (Phi) is 16.1. The Bertz CT molecular complexity index is 1930. The number of pyridine rings is 1. The van der Waals surface area contributed by atoms with Crippen LogP contribution in [0.25, 0.3) is 5.69 Å². The molecule has 5 rings (SSSR count). The van der Waals surface area contributed by atoms with Gasteiger partial charge in [0, 0.05) is 42.9 Å². The standard InChI is InChI=1S/C43H63N7O12/c1-11-34-43(8,62-41(44)55)39-27(5)36(47-28(6)51)24(2)19-42(7,57-22-30(21-56-39)48-58-23-29-13-14-31(20-45-29)50-16-12-15-46-50)38(26(4)33(52)18-35(53)60-34)61-40-37(54)32(49(9)10)17-25(3)59-40/h12-16,20,24-27,32,34,37-40,54H,11,17-19,21-23H2,1-10H3,(H2,44,55)/b47-36?,48-30+/t24-,25-,26+,27+,32+,34-,37-,38-,39-,40+,42-,43-/m1/s1. The highest BCUT2D eigenvalue weighted by atomic mass is 16.7. The smallest absolute Gasteiger partial charge is 0.405 e. The molecule has 0 radical (unpaired) electrons. The number of carbonyl (C=O) groups is 4. The minimum atomic E-state index is -1.80. The molecule has 19 nitrogen and oxygen atoms in total. The number of rotatable bonds is 9. The predicted molar refractivity (Wildman–Crippen MR) is 224 cm³/mol. The third-order valence-corrected chi connectivity index (χ3v) is 12.0. The average molecular weight is 870 g/mol. The summed E-state index contributed by atoms with van der Waals surface area (Å²) < 4.78 is 40.0. The molecule has 3 aliphatic heterocycles. The van der Waals surface area contributed by atoms with Crippen molar-refractivity contribution < 1.29 is 57.5 Å². The number of hydrogen-bond acceptors (Lipinski definition) is 16. The first-order valence-electron chi connectivity index (χ1n) is 21.1. The fraction of sp³-hybridized carbons (Fsp3) is 0.674. The monoisotopic (exact) mass is 869 g/mol. The van der Waals surface area contributed by atoms with E-state index in [4.69, 9.17) is 39.0 Å². The molecule has 3 fully saturated rings. The molecule has 3 saturated heterocycles. The van der Waals surface area contributed by atoms with Crippen LogP contribution in [0.1, 0.15) is 86.8 Å². The van der Waals surface area contributed by atoms with Gasteiger partial charge in [-0.3, -0.25) is 19.4 Å². The van der Waals surface area contributed by atoms with Gasteiger partial charge in [-0.05, 0) is 78.2 Å². The molecule has 2 amide bonds. The first kappa shape index (κ1) is 48.4. The van der Waals surface area contributed by atoms with Gasteiger partial charge in [-0.2, -0.15) is 5.10 Å². The van der Waals surface area contributed by atoms with Crippen LogP contribution in [0, 0.1) is 17.8 Å². The van der Waals surface area contributed by atoms with E-state index in [2.05, 4.69) is 20.2 Å². The molecule has 0 spiro atoms. The van der Waals surface area contributed by atoms with Crippen molar-refractivity contribution in [3.63, 3.8) is 0 Å². The minimum Gasteiger partial charge on any atom is -0.458 e. The molecule has 3 N–H and O–H groups in total. The number of amides is 2. The quantitative estimate of drug-likeness (QED) is 0.208. The molecule has 19 heteroatoms. The van der Waals surface area contributed by atoms with Gasteiger partial charge in [0.15, 0.2) is 18.5 Å². The number of Topliss-reactive ketones (excluding diaryl/α,β-unsaturated/α-hetero) is 1. The third-order valence-electron chi connectivity index (χ3n) is 12.0. The number of nitrogens with zero attached hydrogens (tertiary/aromatic N) is 6. The number of hydrogen-bond donors (Lipinski definition) is 2. The molecule has 342 valence electrons. The van der Waals surface area contributed by atoms with Crippen LogP contribution in [0.15, 0.2) is 46.9 Å². The third kappa shape index (κ3) is 11.5. The lowest BCUT2D eigenvalue weighted by Gasteiger charge is -2.47. The molecule has 5 heterocycles. The van der Waals surface area contributed by atoms with Crippen molar-refractivity contribution in [1.29, 1.82) is 0 Å². The van der Waals surface area contributed by atoms with Crippen molar-refractivity contribution in [2.45, 2.75) is 142 Å². The Morgan fingerprint density at radius 1 is 1.11 bits per heavy atom. The van der Waals surface area contributed by atoms with E-state index in [-0.39, 0.29) is 50.5 Å². The maximum atomic E-state index is 14.3. The van der Waals surface area contributed by atoms with Crippen LogP contribution in [0.5, 0.6) is 0 Å². The van der Waals surface area contributed by atoms with Gasteiger partial charge in [0.2, 0.25) is 5.91 Å². The van der Waals surface area contributed by atoms with Crippen LogP contribution < -0.4 is 5.73 Å². The summed E-state index contributed by atoms with van der Waals surface area (Å²) in [6.45, 7) is 12.9. The molecule has 2 bridgehead atoms. The van der Waals surface area contributed by atoms with Crippen molar-refractivity contribution >= 4 is 35.2 Å². The number of esters is 1. The number of carbonyl (C=O) groups excluding carboxylic acids is 4. The van der Waals surface area contributed by atoms with E-state index in [1.807, 2.05) is 38.9 Å².